The van der Waals surface area contributed by atoms with Crippen molar-refractivity contribution in [1.29, 1.82) is 0 Å². The van der Waals surface area contributed by atoms with E-state index in [1.54, 1.807) is 0 Å². The van der Waals surface area contributed by atoms with Crippen molar-refractivity contribution in [2.24, 2.45) is 0 Å². The van der Waals surface area contributed by atoms with Gasteiger partial charge in [0.2, 0.25) is 0 Å². The molecule has 0 saturated carbocycles. The van der Waals surface area contributed by atoms with Crippen molar-refractivity contribution in [1.82, 2.24) is 0 Å². The van der Waals surface area contributed by atoms with Gasteiger partial charge in [-0.2, -0.15) is 0 Å². The summed E-state index contributed by atoms with van der Waals surface area (Å²) in [7, 11) is 0. The van der Waals surface area contributed by atoms with Gasteiger partial charge in [0.1, 0.15) is 0 Å². The van der Waals surface area contributed by atoms with Crippen molar-refractivity contribution in [2.75, 3.05) is 0 Å². The molecule has 0 radical (unpaired) electrons. The Morgan fingerprint density at radius 1 is 1.00 bits per heavy atom. The molecule has 7 heteroatoms. The third kappa shape index (κ3) is 3.26. The van der Waals surface area contributed by atoms with E-state index in [-0.39, 0.29) is 0 Å². The fourth-order valence-electron chi connectivity index (χ4n) is 0. The Morgan fingerprint density at radius 2 is 1.12 bits per heavy atom. The minimum atomic E-state index is -4.10. The van der Waals surface area contributed by atoms with Gasteiger partial charge in [0, 0.05) is 0 Å². The van der Waals surface area contributed by atoms with Crippen LogP contribution in [0.4, 0.5) is 13.2 Å². The molecule has 0 aliphatic rings. The number of rotatable bonds is 0. The number of halogens is 6. The molecule has 0 aliphatic carbocycles. The van der Waals surface area contributed by atoms with Crippen LogP contribution in [0.5, 0.6) is 0 Å². The predicted octanol–water partition coefficient (Wildman–Crippen LogP) is 3.21. The fourth-order valence-corrected chi connectivity index (χ4v) is 0. The second-order valence-corrected chi connectivity index (χ2v) is 50.8. The average Bonchev–Trinajstić information content (AvgIpc) is 1.25. The molecule has 0 aliphatic heterocycles. The van der Waals surface area contributed by atoms with E-state index in [9.17, 15) is 13.2 Å². The van der Waals surface area contributed by atoms with Gasteiger partial charge >= 0.3 is 67.2 Å². The minimum absolute atomic E-state index is 2.52. The van der Waals surface area contributed by atoms with Crippen LogP contribution in [0.15, 0.2) is 0 Å². The topological polar surface area (TPSA) is 0 Å². The van der Waals surface area contributed by atoms with Crippen molar-refractivity contribution in [3.8, 4) is 0 Å². The van der Waals surface area contributed by atoms with E-state index >= 15 is 0 Å². The molecule has 50 valence electrons. The molecular formula is CBr3F3Sn. The molecular weight excluding hydrogens is 427 g/mol. The number of hydrogen-bond acceptors (Lipinski definition) is 0. The van der Waals surface area contributed by atoms with Crippen molar-refractivity contribution in [3.63, 3.8) is 0 Å². The van der Waals surface area contributed by atoms with Crippen LogP contribution in [0.1, 0.15) is 0 Å². The molecule has 0 heterocycles. The first kappa shape index (κ1) is 10.0. The molecule has 0 spiro atoms. The molecule has 0 atom stereocenters. The summed E-state index contributed by atoms with van der Waals surface area (Å²) in [5.74, 6) is 0. The van der Waals surface area contributed by atoms with Gasteiger partial charge in [0.25, 0.3) is 0 Å². The van der Waals surface area contributed by atoms with Gasteiger partial charge < -0.3 is 0 Å². The first-order chi connectivity index (χ1) is 3.25. The van der Waals surface area contributed by atoms with E-state index in [4.69, 9.17) is 0 Å². The Morgan fingerprint density at radius 3 is 1.12 bits per heavy atom. The van der Waals surface area contributed by atoms with Crippen LogP contribution in [0, 0.1) is 0 Å². The second kappa shape index (κ2) is 2.96. The maximum atomic E-state index is 11.5. The molecule has 0 saturated heterocycles. The van der Waals surface area contributed by atoms with Crippen LogP contribution >= 0.6 is 38.1 Å². The summed E-state index contributed by atoms with van der Waals surface area (Å²) >= 11 is 3.47. The molecule has 0 rings (SSSR count). The predicted molar refractivity (Wildman–Crippen MR) is 38.6 cm³/mol. The van der Waals surface area contributed by atoms with E-state index < -0.39 is 15.9 Å². The van der Waals surface area contributed by atoms with Gasteiger partial charge in [0.05, 0.1) is 0 Å². The van der Waals surface area contributed by atoms with Crippen LogP contribution in [-0.4, -0.2) is 15.9 Å². The first-order valence-electron chi connectivity index (χ1n) is 1.38. The molecule has 0 bridgehead atoms. The van der Waals surface area contributed by atoms with Gasteiger partial charge in [-0.15, -0.1) is 0 Å². The summed E-state index contributed by atoms with van der Waals surface area (Å²) in [6.07, 6.45) is 0. The van der Waals surface area contributed by atoms with Gasteiger partial charge in [0.15, 0.2) is 0 Å². The molecule has 0 nitrogen and oxygen atoms in total. The van der Waals surface area contributed by atoms with E-state index in [1.165, 1.54) is 0 Å². The molecule has 8 heavy (non-hydrogen) atoms. The van der Waals surface area contributed by atoms with Crippen molar-refractivity contribution >= 4 is 49.8 Å². The van der Waals surface area contributed by atoms with Crippen molar-refractivity contribution in [2.45, 2.75) is 4.19 Å². The van der Waals surface area contributed by atoms with E-state index in [1.807, 2.05) is 0 Å². The quantitative estimate of drug-likeness (QED) is 0.521. The molecule has 0 aromatic carbocycles. The maximum absolute atomic E-state index is 11.5. The molecule has 0 unspecified atom stereocenters. The Labute approximate surface area is 66.3 Å². The molecule has 0 N–H and O–H groups in total. The van der Waals surface area contributed by atoms with Gasteiger partial charge in [-0.25, -0.2) is 0 Å². The standard InChI is InChI=1S/CF3.3BrH.Sn/c2-1(3)4;;;;/h;3*1H;/q;;;;+3/p-3. The summed E-state index contributed by atoms with van der Waals surface area (Å²) < 4.78 is 30.4. The zero-order valence-electron chi connectivity index (χ0n) is 3.27. The molecule has 0 fully saturated rings. The Balaban J connectivity index is 4.02. The third-order valence-electron chi connectivity index (χ3n) is 0.321. The van der Waals surface area contributed by atoms with Gasteiger partial charge in [-0.05, 0) is 0 Å². The zero-order valence-corrected chi connectivity index (χ0v) is 10.9. The Hall–Kier alpha value is 2.03. The van der Waals surface area contributed by atoms with Gasteiger partial charge in [-0.1, -0.05) is 0 Å². The third-order valence-corrected chi connectivity index (χ3v) is 11.2. The van der Waals surface area contributed by atoms with E-state index in [0.717, 1.165) is 0 Å². The fraction of sp³-hybridized carbons (Fsp3) is 1.00. The SMILES string of the molecule is F[C](F)(F)[Sn]([Br])([Br])[Br]. The van der Waals surface area contributed by atoms with Crippen LogP contribution in [-0.2, 0) is 0 Å². The monoisotopic (exact) mass is 426 g/mol. The van der Waals surface area contributed by atoms with E-state index in [2.05, 4.69) is 38.1 Å². The second-order valence-electron chi connectivity index (χ2n) is 0.996. The number of hydrogen-bond donors (Lipinski definition) is 0. The van der Waals surface area contributed by atoms with Crippen LogP contribution in [0.3, 0.4) is 0 Å². The zero-order chi connectivity index (χ0) is 7.00. The van der Waals surface area contributed by atoms with E-state index in [0.29, 0.717) is 0 Å². The van der Waals surface area contributed by atoms with Gasteiger partial charge in [-0.3, -0.25) is 0 Å². The van der Waals surface area contributed by atoms with Crippen LogP contribution in [0.2, 0.25) is 0 Å². The molecule has 0 aromatic heterocycles. The van der Waals surface area contributed by atoms with Crippen molar-refractivity contribution in [3.05, 3.63) is 0 Å². The summed E-state index contributed by atoms with van der Waals surface area (Å²) in [6, 6.07) is 0. The molecule has 0 amide bonds. The summed E-state index contributed by atoms with van der Waals surface area (Å²) in [5.41, 5.74) is 0. The number of alkyl halides is 3. The average molecular weight is 427 g/mol. The van der Waals surface area contributed by atoms with Crippen LogP contribution in [0.25, 0.3) is 0 Å². The Kier molecular flexibility index (Phi) is 3.71. The summed E-state index contributed by atoms with van der Waals surface area (Å²) in [5, 5.41) is 0. The van der Waals surface area contributed by atoms with Crippen molar-refractivity contribution < 1.29 is 13.2 Å². The van der Waals surface area contributed by atoms with Crippen LogP contribution < -0.4 is 0 Å². The Bertz CT molecular complexity index is 69.5. The normalized spacial score (nSPS) is 14.2. The molecule has 0 aromatic rings. The summed E-state index contributed by atoms with van der Waals surface area (Å²) in [6.45, 7) is 0. The first-order valence-corrected chi connectivity index (χ1v) is 22.0. The summed E-state index contributed by atoms with van der Waals surface area (Å²) in [4.78, 5) is 0.